The van der Waals surface area contributed by atoms with E-state index < -0.39 is 0 Å². The van der Waals surface area contributed by atoms with Gasteiger partial charge in [0, 0.05) is 18.8 Å². The Hall–Kier alpha value is -3.22. The number of nitrogens with one attached hydrogen (secondary N) is 1. The quantitative estimate of drug-likeness (QED) is 0.760. The third-order valence-corrected chi connectivity index (χ3v) is 3.55. The zero-order valence-corrected chi connectivity index (χ0v) is 13.1. The van der Waals surface area contributed by atoms with Gasteiger partial charge in [-0.2, -0.15) is 0 Å². The van der Waals surface area contributed by atoms with E-state index in [2.05, 4.69) is 15.3 Å². The topological polar surface area (TPSA) is 86.1 Å². The maximum atomic E-state index is 12.2. The van der Waals surface area contributed by atoms with Gasteiger partial charge in [-0.25, -0.2) is 9.97 Å². The molecule has 1 N–H and O–H groups in total. The van der Waals surface area contributed by atoms with Crippen molar-refractivity contribution in [2.24, 2.45) is 0 Å². The number of rotatable bonds is 5. The average molecular weight is 324 g/mol. The Morgan fingerprint density at radius 2 is 2.00 bits per heavy atom. The van der Waals surface area contributed by atoms with Gasteiger partial charge in [0.25, 0.3) is 5.56 Å². The third kappa shape index (κ3) is 3.40. The molecule has 0 aliphatic carbocycles. The minimum absolute atomic E-state index is 0.0640. The van der Waals surface area contributed by atoms with Gasteiger partial charge in [0.15, 0.2) is 0 Å². The summed E-state index contributed by atoms with van der Waals surface area (Å²) in [6, 6.07) is 10.8. The van der Waals surface area contributed by atoms with Gasteiger partial charge in [0.05, 0.1) is 24.3 Å². The largest absolute Gasteiger partial charge is 0.481 e. The van der Waals surface area contributed by atoms with Crippen LogP contribution in [0.5, 0.6) is 5.88 Å². The highest BCUT2D eigenvalue weighted by Crippen LogP contribution is 2.08. The van der Waals surface area contributed by atoms with Crippen molar-refractivity contribution in [3.8, 4) is 5.88 Å². The fourth-order valence-electron chi connectivity index (χ4n) is 2.31. The number of amides is 1. The van der Waals surface area contributed by atoms with Crippen LogP contribution < -0.4 is 15.6 Å². The van der Waals surface area contributed by atoms with Gasteiger partial charge in [0.2, 0.25) is 11.8 Å². The summed E-state index contributed by atoms with van der Waals surface area (Å²) in [6.45, 7) is 0.263. The molecule has 0 aliphatic heterocycles. The lowest BCUT2D eigenvalue weighted by molar-refractivity contribution is -0.121. The van der Waals surface area contributed by atoms with Crippen molar-refractivity contribution in [3.05, 3.63) is 64.7 Å². The van der Waals surface area contributed by atoms with Crippen LogP contribution in [-0.2, 0) is 17.9 Å². The van der Waals surface area contributed by atoms with Gasteiger partial charge < -0.3 is 10.1 Å². The van der Waals surface area contributed by atoms with Gasteiger partial charge in [-0.15, -0.1) is 0 Å². The van der Waals surface area contributed by atoms with Crippen molar-refractivity contribution in [3.63, 3.8) is 0 Å². The second kappa shape index (κ2) is 6.91. The molecule has 0 unspecified atom stereocenters. The van der Waals surface area contributed by atoms with Crippen LogP contribution in [0.15, 0.2) is 53.6 Å². The third-order valence-electron chi connectivity index (χ3n) is 3.55. The number of para-hydroxylation sites is 2. The molecular weight excluding hydrogens is 308 g/mol. The summed E-state index contributed by atoms with van der Waals surface area (Å²) in [5, 5.41) is 2.78. The number of carbonyl (C=O) groups is 1. The molecule has 122 valence electrons. The van der Waals surface area contributed by atoms with E-state index in [0.29, 0.717) is 23.5 Å². The molecule has 3 aromatic rings. The number of carbonyl (C=O) groups excluding carboxylic acids is 1. The van der Waals surface area contributed by atoms with E-state index in [9.17, 15) is 9.59 Å². The fourth-order valence-corrected chi connectivity index (χ4v) is 2.31. The Balaban J connectivity index is 1.71. The van der Waals surface area contributed by atoms with Crippen molar-refractivity contribution in [2.45, 2.75) is 13.1 Å². The number of ether oxygens (including phenoxy) is 1. The highest BCUT2D eigenvalue weighted by atomic mass is 16.5. The molecular formula is C17H16N4O3. The lowest BCUT2D eigenvalue weighted by atomic mass is 10.3. The Morgan fingerprint density at radius 1 is 1.17 bits per heavy atom. The molecule has 24 heavy (non-hydrogen) atoms. The highest BCUT2D eigenvalue weighted by Gasteiger charge is 2.08. The summed E-state index contributed by atoms with van der Waals surface area (Å²) in [4.78, 5) is 32.3. The lowest BCUT2D eigenvalue weighted by Gasteiger charge is -2.10. The summed E-state index contributed by atoms with van der Waals surface area (Å²) >= 11 is 0. The molecule has 1 amide bonds. The molecule has 0 bridgehead atoms. The summed E-state index contributed by atoms with van der Waals surface area (Å²) < 4.78 is 6.39. The van der Waals surface area contributed by atoms with Gasteiger partial charge in [-0.05, 0) is 17.7 Å². The molecule has 0 saturated carbocycles. The first kappa shape index (κ1) is 15.7. The smallest absolute Gasteiger partial charge is 0.269 e. The number of pyridine rings is 1. The van der Waals surface area contributed by atoms with Crippen molar-refractivity contribution in [1.82, 2.24) is 19.9 Å². The average Bonchev–Trinajstić information content (AvgIpc) is 2.63. The Morgan fingerprint density at radius 3 is 2.75 bits per heavy atom. The van der Waals surface area contributed by atoms with Crippen LogP contribution in [-0.4, -0.2) is 27.6 Å². The molecule has 0 aliphatic rings. The molecule has 0 radical (unpaired) electrons. The van der Waals surface area contributed by atoms with Crippen molar-refractivity contribution in [1.29, 1.82) is 0 Å². The van der Waals surface area contributed by atoms with Gasteiger partial charge in [-0.1, -0.05) is 18.2 Å². The van der Waals surface area contributed by atoms with E-state index in [-0.39, 0.29) is 18.0 Å². The van der Waals surface area contributed by atoms with Crippen LogP contribution in [0.2, 0.25) is 0 Å². The Kier molecular flexibility index (Phi) is 4.51. The number of nitrogens with zero attached hydrogens (tertiary/aromatic N) is 3. The second-order valence-electron chi connectivity index (χ2n) is 5.16. The highest BCUT2D eigenvalue weighted by molar-refractivity contribution is 5.79. The maximum absolute atomic E-state index is 12.2. The van der Waals surface area contributed by atoms with E-state index in [1.807, 2.05) is 12.1 Å². The van der Waals surface area contributed by atoms with Crippen molar-refractivity contribution >= 4 is 16.9 Å². The van der Waals surface area contributed by atoms with E-state index in [0.717, 1.165) is 5.56 Å². The van der Waals surface area contributed by atoms with E-state index in [4.69, 9.17) is 4.74 Å². The molecule has 2 heterocycles. The fraction of sp³-hybridized carbons (Fsp3) is 0.176. The molecule has 1 aromatic carbocycles. The molecule has 0 fully saturated rings. The molecule has 7 nitrogen and oxygen atoms in total. The molecule has 0 atom stereocenters. The molecule has 2 aromatic heterocycles. The standard InChI is InChI=1S/C17H16N4O3/c1-24-16-7-6-12(9-20-16)8-19-15(22)11-21-14-5-3-2-4-13(14)18-10-17(21)23/h2-7,9-10H,8,11H2,1H3,(H,19,22). The number of benzene rings is 1. The van der Waals surface area contributed by atoms with E-state index in [1.165, 1.54) is 10.8 Å². The van der Waals surface area contributed by atoms with Crippen LogP contribution in [0, 0.1) is 0 Å². The molecule has 7 heteroatoms. The number of hydrogen-bond acceptors (Lipinski definition) is 5. The second-order valence-corrected chi connectivity index (χ2v) is 5.16. The number of aromatic nitrogens is 3. The van der Waals surface area contributed by atoms with E-state index in [1.54, 1.807) is 37.6 Å². The SMILES string of the molecule is COc1ccc(CNC(=O)Cn2c(=O)cnc3ccccc32)cn1. The van der Waals surface area contributed by atoms with Crippen LogP contribution >= 0.6 is 0 Å². The number of methoxy groups -OCH3 is 1. The van der Waals surface area contributed by atoms with Crippen LogP contribution in [0.4, 0.5) is 0 Å². The monoisotopic (exact) mass is 324 g/mol. The number of hydrogen-bond donors (Lipinski definition) is 1. The summed E-state index contributed by atoms with van der Waals surface area (Å²) in [7, 11) is 1.54. The first-order chi connectivity index (χ1) is 11.7. The summed E-state index contributed by atoms with van der Waals surface area (Å²) in [6.07, 6.45) is 2.86. The first-order valence-electron chi connectivity index (χ1n) is 7.37. The van der Waals surface area contributed by atoms with Gasteiger partial charge in [0.1, 0.15) is 6.54 Å². The molecule has 3 rings (SSSR count). The summed E-state index contributed by atoms with van der Waals surface area (Å²) in [5.74, 6) is 0.254. The molecule has 0 saturated heterocycles. The van der Waals surface area contributed by atoms with Gasteiger partial charge in [-0.3, -0.25) is 14.2 Å². The Bertz CT molecular complexity index is 919. The van der Waals surface area contributed by atoms with Gasteiger partial charge >= 0.3 is 0 Å². The predicted octanol–water partition coefficient (Wildman–Crippen LogP) is 1.12. The zero-order valence-electron chi connectivity index (χ0n) is 13.1. The maximum Gasteiger partial charge on any atom is 0.269 e. The normalized spacial score (nSPS) is 10.5. The zero-order chi connectivity index (χ0) is 16.9. The van der Waals surface area contributed by atoms with Crippen molar-refractivity contribution < 1.29 is 9.53 Å². The number of fused-ring (bicyclic) bond motifs is 1. The first-order valence-corrected chi connectivity index (χ1v) is 7.37. The summed E-state index contributed by atoms with van der Waals surface area (Å²) in [5.41, 5.74) is 1.83. The van der Waals surface area contributed by atoms with Crippen LogP contribution in [0.3, 0.4) is 0 Å². The van der Waals surface area contributed by atoms with Crippen molar-refractivity contribution in [2.75, 3.05) is 7.11 Å². The van der Waals surface area contributed by atoms with Crippen LogP contribution in [0.25, 0.3) is 11.0 Å². The minimum Gasteiger partial charge on any atom is -0.481 e. The Labute approximate surface area is 137 Å². The predicted molar refractivity (Wildman–Crippen MR) is 88.6 cm³/mol. The van der Waals surface area contributed by atoms with E-state index >= 15 is 0 Å². The molecule has 0 spiro atoms. The lowest BCUT2D eigenvalue weighted by Crippen LogP contribution is -2.32. The van der Waals surface area contributed by atoms with Crippen LogP contribution in [0.1, 0.15) is 5.56 Å². The minimum atomic E-state index is -0.310.